The first kappa shape index (κ1) is 13.1. The minimum Gasteiger partial charge on any atom is -0.382 e. The number of hydrogen-bond acceptors (Lipinski definition) is 3. The number of nitrogens with two attached hydrogens (primary N) is 1. The van der Waals surface area contributed by atoms with Crippen LogP contribution in [0.2, 0.25) is 0 Å². The van der Waals surface area contributed by atoms with Gasteiger partial charge in [0.05, 0.1) is 5.69 Å². The van der Waals surface area contributed by atoms with Crippen molar-refractivity contribution >= 4 is 23.5 Å². The van der Waals surface area contributed by atoms with Crippen LogP contribution in [0.4, 0.5) is 5.82 Å². The van der Waals surface area contributed by atoms with E-state index in [1.54, 1.807) is 6.20 Å². The van der Waals surface area contributed by atoms with Gasteiger partial charge in [0.1, 0.15) is 17.2 Å². The number of aromatic nitrogens is 3. The molecule has 3 aromatic rings. The molecule has 4 heteroatoms. The third-order valence-electron chi connectivity index (χ3n) is 4.34. The fraction of sp³-hybridized carbons (Fsp3) is 0.222. The first-order chi connectivity index (χ1) is 10.8. The van der Waals surface area contributed by atoms with Crippen molar-refractivity contribution in [3.8, 4) is 0 Å². The number of anilines is 1. The fourth-order valence-electron chi connectivity index (χ4n) is 2.93. The summed E-state index contributed by atoms with van der Waals surface area (Å²) < 4.78 is 2.11. The van der Waals surface area contributed by atoms with Crippen LogP contribution in [0, 0.1) is 0 Å². The van der Waals surface area contributed by atoms with Crippen molar-refractivity contribution in [2.45, 2.75) is 25.2 Å². The number of rotatable bonds is 3. The molecule has 2 N–H and O–H groups in total. The SMILES string of the molecule is Nc1nccn2c(C3CCC3)nc(/C=C/c3ccccc3)c12. The zero-order valence-electron chi connectivity index (χ0n) is 12.3. The topological polar surface area (TPSA) is 56.2 Å². The summed E-state index contributed by atoms with van der Waals surface area (Å²) in [5, 5.41) is 0. The van der Waals surface area contributed by atoms with Crippen LogP contribution in [0.3, 0.4) is 0 Å². The number of nitrogens with zero attached hydrogens (tertiary/aromatic N) is 3. The molecule has 1 aliphatic rings. The summed E-state index contributed by atoms with van der Waals surface area (Å²) >= 11 is 0. The van der Waals surface area contributed by atoms with Crippen molar-refractivity contribution < 1.29 is 0 Å². The molecule has 0 radical (unpaired) electrons. The van der Waals surface area contributed by atoms with E-state index in [4.69, 9.17) is 10.7 Å². The third-order valence-corrected chi connectivity index (χ3v) is 4.34. The normalized spacial score (nSPS) is 15.5. The number of hydrogen-bond donors (Lipinski definition) is 1. The van der Waals surface area contributed by atoms with Crippen LogP contribution in [0.25, 0.3) is 17.7 Å². The number of fused-ring (bicyclic) bond motifs is 1. The van der Waals surface area contributed by atoms with Crippen LogP contribution in [0.15, 0.2) is 42.7 Å². The van der Waals surface area contributed by atoms with E-state index in [-0.39, 0.29) is 0 Å². The van der Waals surface area contributed by atoms with Crippen molar-refractivity contribution in [2.75, 3.05) is 5.73 Å². The van der Waals surface area contributed by atoms with Crippen LogP contribution in [-0.4, -0.2) is 14.4 Å². The van der Waals surface area contributed by atoms with Crippen molar-refractivity contribution in [1.82, 2.24) is 14.4 Å². The van der Waals surface area contributed by atoms with Crippen LogP contribution >= 0.6 is 0 Å². The van der Waals surface area contributed by atoms with Gasteiger partial charge in [-0.3, -0.25) is 4.40 Å². The summed E-state index contributed by atoms with van der Waals surface area (Å²) in [5.41, 5.74) is 9.06. The third kappa shape index (κ3) is 2.17. The van der Waals surface area contributed by atoms with Crippen LogP contribution in [-0.2, 0) is 0 Å². The van der Waals surface area contributed by atoms with Gasteiger partial charge in [-0.1, -0.05) is 42.8 Å². The van der Waals surface area contributed by atoms with E-state index in [0.29, 0.717) is 11.7 Å². The van der Waals surface area contributed by atoms with E-state index in [1.165, 1.54) is 19.3 Å². The Morgan fingerprint density at radius 3 is 2.68 bits per heavy atom. The lowest BCUT2D eigenvalue weighted by Crippen LogP contribution is -2.12. The van der Waals surface area contributed by atoms with Crippen molar-refractivity contribution in [1.29, 1.82) is 0 Å². The van der Waals surface area contributed by atoms with Crippen LogP contribution in [0.1, 0.15) is 42.3 Å². The minimum atomic E-state index is 0.535. The molecule has 0 bridgehead atoms. The van der Waals surface area contributed by atoms with Gasteiger partial charge < -0.3 is 5.73 Å². The van der Waals surface area contributed by atoms with Crippen LogP contribution < -0.4 is 5.73 Å². The van der Waals surface area contributed by atoms with Gasteiger partial charge in [0.25, 0.3) is 0 Å². The Balaban J connectivity index is 1.81. The van der Waals surface area contributed by atoms with E-state index in [1.807, 2.05) is 30.5 Å². The summed E-state index contributed by atoms with van der Waals surface area (Å²) in [6, 6.07) is 10.2. The fourth-order valence-corrected chi connectivity index (χ4v) is 2.93. The summed E-state index contributed by atoms with van der Waals surface area (Å²) in [6.07, 6.45) is 11.5. The summed E-state index contributed by atoms with van der Waals surface area (Å²) in [7, 11) is 0. The average Bonchev–Trinajstić information content (AvgIpc) is 2.85. The molecule has 22 heavy (non-hydrogen) atoms. The highest BCUT2D eigenvalue weighted by atomic mass is 15.1. The number of benzene rings is 1. The summed E-state index contributed by atoms with van der Waals surface area (Å²) in [6.45, 7) is 0. The lowest BCUT2D eigenvalue weighted by Gasteiger charge is -2.23. The molecule has 0 unspecified atom stereocenters. The van der Waals surface area contributed by atoms with E-state index in [0.717, 1.165) is 22.6 Å². The zero-order chi connectivity index (χ0) is 14.9. The molecule has 0 amide bonds. The van der Waals surface area contributed by atoms with E-state index in [2.05, 4.69) is 27.6 Å². The van der Waals surface area contributed by atoms with E-state index in [9.17, 15) is 0 Å². The lowest BCUT2D eigenvalue weighted by molar-refractivity contribution is 0.400. The highest BCUT2D eigenvalue weighted by Gasteiger charge is 2.25. The Labute approximate surface area is 129 Å². The predicted molar refractivity (Wildman–Crippen MR) is 89.4 cm³/mol. The van der Waals surface area contributed by atoms with Crippen LogP contribution in [0.5, 0.6) is 0 Å². The summed E-state index contributed by atoms with van der Waals surface area (Å²) in [4.78, 5) is 9.07. The molecule has 1 aromatic carbocycles. The van der Waals surface area contributed by atoms with Crippen molar-refractivity contribution in [2.24, 2.45) is 0 Å². The molecule has 110 valence electrons. The molecule has 0 atom stereocenters. The van der Waals surface area contributed by atoms with Gasteiger partial charge in [-0.25, -0.2) is 9.97 Å². The maximum absolute atomic E-state index is 6.09. The second-order valence-electron chi connectivity index (χ2n) is 5.76. The van der Waals surface area contributed by atoms with Gasteiger partial charge in [0.2, 0.25) is 0 Å². The van der Waals surface area contributed by atoms with Gasteiger partial charge in [-0.2, -0.15) is 0 Å². The predicted octanol–water partition coefficient (Wildman–Crippen LogP) is 3.75. The molecule has 0 spiro atoms. The first-order valence-electron chi connectivity index (χ1n) is 7.68. The van der Waals surface area contributed by atoms with Gasteiger partial charge in [-0.05, 0) is 24.5 Å². The van der Waals surface area contributed by atoms with E-state index >= 15 is 0 Å². The van der Waals surface area contributed by atoms with Crippen molar-refractivity contribution in [3.05, 3.63) is 59.8 Å². The Bertz CT molecular complexity index is 829. The highest BCUT2D eigenvalue weighted by molar-refractivity contribution is 5.82. The maximum Gasteiger partial charge on any atom is 0.150 e. The molecule has 2 aromatic heterocycles. The first-order valence-corrected chi connectivity index (χ1v) is 7.68. The second kappa shape index (κ2) is 5.30. The smallest absolute Gasteiger partial charge is 0.150 e. The molecule has 1 saturated carbocycles. The maximum atomic E-state index is 6.09. The zero-order valence-corrected chi connectivity index (χ0v) is 12.3. The number of nitrogen functional groups attached to an aromatic ring is 1. The molecule has 1 fully saturated rings. The van der Waals surface area contributed by atoms with Gasteiger partial charge >= 0.3 is 0 Å². The molecule has 0 aliphatic heterocycles. The lowest BCUT2D eigenvalue weighted by atomic mass is 9.85. The van der Waals surface area contributed by atoms with Gasteiger partial charge in [0.15, 0.2) is 0 Å². The monoisotopic (exact) mass is 290 g/mol. The Kier molecular flexibility index (Phi) is 3.15. The standard InChI is InChI=1S/C18H18N4/c19-17-16-15(10-9-13-5-2-1-3-6-13)21-18(14-7-4-8-14)22(16)12-11-20-17/h1-3,5-6,9-12,14H,4,7-8H2,(H2,19,20)/b10-9+. The molecular formula is C18H18N4. The van der Waals surface area contributed by atoms with Gasteiger partial charge in [0, 0.05) is 18.3 Å². The molecule has 4 rings (SSSR count). The molecular weight excluding hydrogens is 272 g/mol. The highest BCUT2D eigenvalue weighted by Crippen LogP contribution is 2.37. The average molecular weight is 290 g/mol. The Morgan fingerprint density at radius 1 is 1.14 bits per heavy atom. The molecule has 1 aliphatic carbocycles. The van der Waals surface area contributed by atoms with Crippen molar-refractivity contribution in [3.63, 3.8) is 0 Å². The van der Waals surface area contributed by atoms with E-state index < -0.39 is 0 Å². The quantitative estimate of drug-likeness (QED) is 0.799. The largest absolute Gasteiger partial charge is 0.382 e. The number of imidazole rings is 1. The molecule has 2 heterocycles. The molecule has 4 nitrogen and oxygen atoms in total. The Hall–Kier alpha value is -2.62. The Morgan fingerprint density at radius 2 is 1.95 bits per heavy atom. The molecule has 0 saturated heterocycles. The second-order valence-corrected chi connectivity index (χ2v) is 5.76. The summed E-state index contributed by atoms with van der Waals surface area (Å²) in [5.74, 6) is 2.20. The minimum absolute atomic E-state index is 0.535. The van der Waals surface area contributed by atoms with Gasteiger partial charge in [-0.15, -0.1) is 0 Å².